The summed E-state index contributed by atoms with van der Waals surface area (Å²) in [5.74, 6) is 1.71. The monoisotopic (exact) mass is 199 g/mol. The lowest BCUT2D eigenvalue weighted by Gasteiger charge is -2.07. The fourth-order valence-electron chi connectivity index (χ4n) is 0.967. The van der Waals surface area contributed by atoms with Crippen LogP contribution in [-0.4, -0.2) is 20.8 Å². The highest BCUT2D eigenvalue weighted by Gasteiger charge is 1.99. The zero-order chi connectivity index (χ0) is 9.68. The Morgan fingerprint density at radius 2 is 2.46 bits per heavy atom. The molecule has 0 spiro atoms. The molecule has 0 saturated heterocycles. The molecular formula is C9H17N3S. The van der Waals surface area contributed by atoms with Crippen LogP contribution in [0, 0.1) is 0 Å². The number of hydrogen-bond donors (Lipinski definition) is 1. The van der Waals surface area contributed by atoms with Gasteiger partial charge in [-0.15, -0.1) is 0 Å². The van der Waals surface area contributed by atoms with Gasteiger partial charge in [-0.3, -0.25) is 4.68 Å². The Hall–Kier alpha value is -0.640. The van der Waals surface area contributed by atoms with Gasteiger partial charge in [-0.1, -0.05) is 13.8 Å². The molecule has 1 atom stereocenters. The third-order valence-corrected chi connectivity index (χ3v) is 3.28. The van der Waals surface area contributed by atoms with E-state index in [4.69, 9.17) is 5.73 Å². The van der Waals surface area contributed by atoms with Crippen molar-refractivity contribution < 1.29 is 0 Å². The number of aromatic nitrogens is 2. The molecule has 0 amide bonds. The summed E-state index contributed by atoms with van der Waals surface area (Å²) in [5.41, 5.74) is 5.50. The number of aryl methyl sites for hydroxylation is 1. The van der Waals surface area contributed by atoms with Gasteiger partial charge >= 0.3 is 0 Å². The third-order valence-electron chi connectivity index (χ3n) is 1.96. The molecule has 0 aromatic carbocycles. The summed E-state index contributed by atoms with van der Waals surface area (Å²) in [6, 6.07) is 1.83. The van der Waals surface area contributed by atoms with Crippen molar-refractivity contribution in [1.82, 2.24) is 9.78 Å². The lowest BCUT2D eigenvalue weighted by Crippen LogP contribution is -2.04. The molecular weight excluding hydrogens is 182 g/mol. The molecule has 0 radical (unpaired) electrons. The molecule has 0 aliphatic heterocycles. The van der Waals surface area contributed by atoms with Crippen molar-refractivity contribution >= 4 is 17.6 Å². The Kier molecular flexibility index (Phi) is 4.15. The maximum atomic E-state index is 5.50. The maximum absolute atomic E-state index is 5.50. The zero-order valence-electron chi connectivity index (χ0n) is 8.23. The van der Waals surface area contributed by atoms with Gasteiger partial charge in [0, 0.05) is 17.2 Å². The highest BCUT2D eigenvalue weighted by atomic mass is 32.2. The van der Waals surface area contributed by atoms with E-state index in [0.717, 1.165) is 17.5 Å². The Balaban J connectivity index is 2.20. The second-order valence-electron chi connectivity index (χ2n) is 3.09. The first kappa shape index (κ1) is 10.4. The first-order valence-corrected chi connectivity index (χ1v) is 5.67. The molecule has 1 rings (SSSR count). The smallest absolute Gasteiger partial charge is 0.145 e. The minimum atomic E-state index is 0.605. The summed E-state index contributed by atoms with van der Waals surface area (Å²) in [6.07, 6.45) is 3.15. The summed E-state index contributed by atoms with van der Waals surface area (Å²) < 4.78 is 1.89. The molecule has 1 unspecified atom stereocenters. The van der Waals surface area contributed by atoms with Crippen molar-refractivity contribution in [3.05, 3.63) is 12.3 Å². The summed E-state index contributed by atoms with van der Waals surface area (Å²) >= 11 is 1.98. The topological polar surface area (TPSA) is 43.8 Å². The minimum Gasteiger partial charge on any atom is -0.382 e. The fraction of sp³-hybridized carbons (Fsp3) is 0.667. The molecule has 0 fully saturated rings. The van der Waals surface area contributed by atoms with Gasteiger partial charge in [0.15, 0.2) is 0 Å². The van der Waals surface area contributed by atoms with Crippen LogP contribution < -0.4 is 5.73 Å². The SMILES string of the molecule is CCC(C)SCCn1ccc(N)n1. The number of nitrogens with two attached hydrogens (primary N) is 1. The minimum absolute atomic E-state index is 0.605. The largest absolute Gasteiger partial charge is 0.382 e. The van der Waals surface area contributed by atoms with Gasteiger partial charge < -0.3 is 5.73 Å². The summed E-state index contributed by atoms with van der Waals surface area (Å²) in [7, 11) is 0. The Morgan fingerprint density at radius 1 is 1.69 bits per heavy atom. The van der Waals surface area contributed by atoms with Crippen molar-refractivity contribution in [2.24, 2.45) is 0 Å². The van der Waals surface area contributed by atoms with E-state index in [0.29, 0.717) is 5.82 Å². The maximum Gasteiger partial charge on any atom is 0.145 e. The standard InChI is InChI=1S/C9H17N3S/c1-3-8(2)13-7-6-12-5-4-9(10)11-12/h4-5,8H,3,6-7H2,1-2H3,(H2,10,11). The lowest BCUT2D eigenvalue weighted by molar-refractivity contribution is 0.668. The molecule has 0 aliphatic rings. The van der Waals surface area contributed by atoms with Gasteiger partial charge in [-0.05, 0) is 12.5 Å². The Bertz CT molecular complexity index is 247. The number of nitrogen functional groups attached to an aromatic ring is 1. The van der Waals surface area contributed by atoms with E-state index in [1.54, 1.807) is 0 Å². The van der Waals surface area contributed by atoms with E-state index in [-0.39, 0.29) is 0 Å². The predicted molar refractivity (Wildman–Crippen MR) is 58.9 cm³/mol. The van der Waals surface area contributed by atoms with E-state index < -0.39 is 0 Å². The predicted octanol–water partition coefficient (Wildman–Crippen LogP) is 2.00. The molecule has 74 valence electrons. The highest BCUT2D eigenvalue weighted by Crippen LogP contribution is 2.13. The van der Waals surface area contributed by atoms with Crippen LogP contribution in [0.3, 0.4) is 0 Å². The summed E-state index contributed by atoms with van der Waals surface area (Å²) in [4.78, 5) is 0. The van der Waals surface area contributed by atoms with Crippen molar-refractivity contribution in [2.45, 2.75) is 32.1 Å². The average molecular weight is 199 g/mol. The number of nitrogens with zero attached hydrogens (tertiary/aromatic N) is 2. The van der Waals surface area contributed by atoms with Gasteiger partial charge in [0.25, 0.3) is 0 Å². The van der Waals surface area contributed by atoms with Crippen molar-refractivity contribution in [3.8, 4) is 0 Å². The van der Waals surface area contributed by atoms with Crippen LogP contribution in [0.15, 0.2) is 12.3 Å². The van der Waals surface area contributed by atoms with E-state index in [2.05, 4.69) is 18.9 Å². The molecule has 0 saturated carbocycles. The molecule has 0 aliphatic carbocycles. The second-order valence-corrected chi connectivity index (χ2v) is 4.64. The first-order valence-electron chi connectivity index (χ1n) is 4.63. The van der Waals surface area contributed by atoms with Crippen LogP contribution >= 0.6 is 11.8 Å². The normalized spacial score (nSPS) is 13.1. The molecule has 1 aromatic rings. The van der Waals surface area contributed by atoms with Crippen LogP contribution in [0.2, 0.25) is 0 Å². The average Bonchev–Trinajstić information content (AvgIpc) is 2.51. The molecule has 1 aromatic heterocycles. The van der Waals surface area contributed by atoms with Gasteiger partial charge in [-0.25, -0.2) is 0 Å². The summed E-state index contributed by atoms with van der Waals surface area (Å²) in [5, 5.41) is 4.86. The van der Waals surface area contributed by atoms with Crippen LogP contribution in [-0.2, 0) is 6.54 Å². The number of thioether (sulfide) groups is 1. The molecule has 3 nitrogen and oxygen atoms in total. The van der Waals surface area contributed by atoms with Gasteiger partial charge in [-0.2, -0.15) is 16.9 Å². The van der Waals surface area contributed by atoms with E-state index in [9.17, 15) is 0 Å². The Labute approximate surface area is 83.7 Å². The van der Waals surface area contributed by atoms with Gasteiger partial charge in [0.2, 0.25) is 0 Å². The van der Waals surface area contributed by atoms with E-state index >= 15 is 0 Å². The molecule has 4 heteroatoms. The number of rotatable bonds is 5. The fourth-order valence-corrected chi connectivity index (χ4v) is 1.90. The molecule has 13 heavy (non-hydrogen) atoms. The van der Waals surface area contributed by atoms with Crippen LogP contribution in [0.25, 0.3) is 0 Å². The quantitative estimate of drug-likeness (QED) is 0.788. The van der Waals surface area contributed by atoms with Crippen molar-refractivity contribution in [2.75, 3.05) is 11.5 Å². The highest BCUT2D eigenvalue weighted by molar-refractivity contribution is 7.99. The number of hydrogen-bond acceptors (Lipinski definition) is 3. The van der Waals surface area contributed by atoms with Gasteiger partial charge in [0.1, 0.15) is 5.82 Å². The van der Waals surface area contributed by atoms with E-state index in [1.165, 1.54) is 6.42 Å². The second kappa shape index (κ2) is 5.17. The molecule has 1 heterocycles. The Morgan fingerprint density at radius 3 is 3.00 bits per heavy atom. The first-order chi connectivity index (χ1) is 6.22. The molecule has 2 N–H and O–H groups in total. The van der Waals surface area contributed by atoms with Crippen molar-refractivity contribution in [1.29, 1.82) is 0 Å². The third kappa shape index (κ3) is 3.72. The van der Waals surface area contributed by atoms with E-state index in [1.807, 2.05) is 28.7 Å². The van der Waals surface area contributed by atoms with Crippen molar-refractivity contribution in [3.63, 3.8) is 0 Å². The summed E-state index contributed by atoms with van der Waals surface area (Å²) in [6.45, 7) is 5.41. The number of anilines is 1. The van der Waals surface area contributed by atoms with Crippen LogP contribution in [0.1, 0.15) is 20.3 Å². The van der Waals surface area contributed by atoms with Crippen LogP contribution in [0.5, 0.6) is 0 Å². The van der Waals surface area contributed by atoms with Crippen LogP contribution in [0.4, 0.5) is 5.82 Å². The van der Waals surface area contributed by atoms with Gasteiger partial charge in [0.05, 0.1) is 6.54 Å². The molecule has 0 bridgehead atoms. The zero-order valence-corrected chi connectivity index (χ0v) is 9.05. The lowest BCUT2D eigenvalue weighted by atomic mass is 10.4.